The third-order valence-corrected chi connectivity index (χ3v) is 2.88. The summed E-state index contributed by atoms with van der Waals surface area (Å²) in [5, 5.41) is 2.96. The van der Waals surface area contributed by atoms with Crippen molar-refractivity contribution in [2.75, 3.05) is 5.32 Å². The van der Waals surface area contributed by atoms with Crippen molar-refractivity contribution in [2.24, 2.45) is 5.73 Å². The Hall–Kier alpha value is -2.18. The zero-order valence-electron chi connectivity index (χ0n) is 9.93. The Morgan fingerprint density at radius 3 is 2.50 bits per heavy atom. The van der Waals surface area contributed by atoms with E-state index in [2.05, 4.69) is 15.3 Å². The lowest BCUT2D eigenvalue weighted by atomic mass is 10.2. The van der Waals surface area contributed by atoms with Crippen molar-refractivity contribution in [3.05, 3.63) is 52.0 Å². The van der Waals surface area contributed by atoms with Gasteiger partial charge in [-0.1, -0.05) is 23.2 Å². The molecule has 1 aromatic heterocycles. The Bertz CT molecular complexity index is 674. The Morgan fingerprint density at radius 1 is 1.15 bits per heavy atom. The molecule has 0 aliphatic heterocycles. The Kier molecular flexibility index (Phi) is 4.16. The summed E-state index contributed by atoms with van der Waals surface area (Å²) in [4.78, 5) is 30.6. The SMILES string of the molecule is NC(=O)c1ccc(Cl)c(NC(=O)c2cnc(Cl)cn2)c1. The molecule has 1 heterocycles. The van der Waals surface area contributed by atoms with Gasteiger partial charge in [0.2, 0.25) is 5.91 Å². The molecule has 0 saturated heterocycles. The van der Waals surface area contributed by atoms with Gasteiger partial charge in [0.15, 0.2) is 0 Å². The summed E-state index contributed by atoms with van der Waals surface area (Å²) in [6.45, 7) is 0. The molecule has 0 radical (unpaired) electrons. The van der Waals surface area contributed by atoms with Crippen LogP contribution < -0.4 is 11.1 Å². The van der Waals surface area contributed by atoms with Gasteiger partial charge in [-0.3, -0.25) is 9.59 Å². The zero-order chi connectivity index (χ0) is 14.7. The van der Waals surface area contributed by atoms with Crippen LogP contribution in [0.3, 0.4) is 0 Å². The van der Waals surface area contributed by atoms with Crippen LogP contribution in [-0.2, 0) is 0 Å². The van der Waals surface area contributed by atoms with Gasteiger partial charge in [-0.25, -0.2) is 9.97 Å². The molecular formula is C12H8Cl2N4O2. The van der Waals surface area contributed by atoms with Crippen molar-refractivity contribution in [2.45, 2.75) is 0 Å². The maximum absolute atomic E-state index is 11.9. The third kappa shape index (κ3) is 3.23. The first-order valence-corrected chi connectivity index (χ1v) is 6.11. The number of hydrogen-bond acceptors (Lipinski definition) is 4. The molecule has 1 aromatic carbocycles. The number of hydrogen-bond donors (Lipinski definition) is 2. The molecule has 0 aliphatic carbocycles. The minimum absolute atomic E-state index is 0.0648. The Labute approximate surface area is 123 Å². The van der Waals surface area contributed by atoms with Crippen LogP contribution in [0, 0.1) is 0 Å². The number of halogens is 2. The predicted molar refractivity (Wildman–Crippen MR) is 75.0 cm³/mol. The zero-order valence-corrected chi connectivity index (χ0v) is 11.4. The van der Waals surface area contributed by atoms with Gasteiger partial charge < -0.3 is 11.1 Å². The number of benzene rings is 1. The molecule has 8 heteroatoms. The fourth-order valence-corrected chi connectivity index (χ4v) is 1.65. The smallest absolute Gasteiger partial charge is 0.275 e. The van der Waals surface area contributed by atoms with Gasteiger partial charge in [-0.2, -0.15) is 0 Å². The van der Waals surface area contributed by atoms with Gasteiger partial charge in [0.25, 0.3) is 5.91 Å². The normalized spacial score (nSPS) is 10.1. The number of nitrogens with zero attached hydrogens (tertiary/aromatic N) is 2. The van der Waals surface area contributed by atoms with E-state index in [1.165, 1.54) is 30.6 Å². The number of amides is 2. The topological polar surface area (TPSA) is 98.0 Å². The van der Waals surface area contributed by atoms with Gasteiger partial charge >= 0.3 is 0 Å². The summed E-state index contributed by atoms with van der Waals surface area (Å²) < 4.78 is 0. The number of aromatic nitrogens is 2. The molecular weight excluding hydrogens is 303 g/mol. The number of carbonyl (C=O) groups is 2. The molecule has 0 bridgehead atoms. The highest BCUT2D eigenvalue weighted by Crippen LogP contribution is 2.23. The molecule has 20 heavy (non-hydrogen) atoms. The highest BCUT2D eigenvalue weighted by atomic mass is 35.5. The molecule has 0 saturated carbocycles. The molecule has 0 spiro atoms. The lowest BCUT2D eigenvalue weighted by Gasteiger charge is -2.07. The minimum atomic E-state index is -0.622. The molecule has 6 nitrogen and oxygen atoms in total. The number of rotatable bonds is 3. The van der Waals surface area contributed by atoms with Crippen molar-refractivity contribution >= 4 is 40.7 Å². The highest BCUT2D eigenvalue weighted by Gasteiger charge is 2.12. The van der Waals surface area contributed by atoms with E-state index in [0.717, 1.165) is 0 Å². The number of primary amides is 1. The highest BCUT2D eigenvalue weighted by molar-refractivity contribution is 6.34. The van der Waals surface area contributed by atoms with Gasteiger partial charge in [-0.05, 0) is 18.2 Å². The van der Waals surface area contributed by atoms with Crippen LogP contribution >= 0.6 is 23.2 Å². The van der Waals surface area contributed by atoms with Crippen LogP contribution in [-0.4, -0.2) is 21.8 Å². The fraction of sp³-hybridized carbons (Fsp3) is 0. The summed E-state index contributed by atoms with van der Waals surface area (Å²) in [7, 11) is 0. The van der Waals surface area contributed by atoms with Crippen molar-refractivity contribution in [3.8, 4) is 0 Å². The van der Waals surface area contributed by atoms with Crippen LogP contribution in [0.2, 0.25) is 10.2 Å². The van der Waals surface area contributed by atoms with Crippen molar-refractivity contribution in [3.63, 3.8) is 0 Å². The Morgan fingerprint density at radius 2 is 1.90 bits per heavy atom. The predicted octanol–water partition coefficient (Wildman–Crippen LogP) is 2.13. The largest absolute Gasteiger partial charge is 0.366 e. The van der Waals surface area contributed by atoms with E-state index in [1.54, 1.807) is 0 Å². The van der Waals surface area contributed by atoms with E-state index in [9.17, 15) is 9.59 Å². The lowest BCUT2D eigenvalue weighted by molar-refractivity contribution is 0.0995. The maximum atomic E-state index is 11.9. The molecule has 0 fully saturated rings. The van der Waals surface area contributed by atoms with Crippen LogP contribution in [0.5, 0.6) is 0 Å². The summed E-state index contributed by atoms with van der Waals surface area (Å²) in [5.74, 6) is -1.15. The van der Waals surface area contributed by atoms with E-state index >= 15 is 0 Å². The monoisotopic (exact) mass is 310 g/mol. The van der Waals surface area contributed by atoms with Crippen LogP contribution in [0.4, 0.5) is 5.69 Å². The van der Waals surface area contributed by atoms with Crippen LogP contribution in [0.25, 0.3) is 0 Å². The minimum Gasteiger partial charge on any atom is -0.366 e. The fourth-order valence-electron chi connectivity index (χ4n) is 1.39. The lowest BCUT2D eigenvalue weighted by Crippen LogP contribution is -2.16. The first-order valence-electron chi connectivity index (χ1n) is 5.35. The number of carbonyl (C=O) groups excluding carboxylic acids is 2. The molecule has 2 aromatic rings. The summed E-state index contributed by atoms with van der Waals surface area (Å²) in [6.07, 6.45) is 2.47. The van der Waals surface area contributed by atoms with Crippen molar-refractivity contribution in [1.29, 1.82) is 0 Å². The van der Waals surface area contributed by atoms with E-state index in [-0.39, 0.29) is 27.1 Å². The third-order valence-electron chi connectivity index (χ3n) is 2.35. The number of nitrogens with two attached hydrogens (primary N) is 1. The summed E-state index contributed by atoms with van der Waals surface area (Å²) in [5.41, 5.74) is 5.71. The second-order valence-corrected chi connectivity index (χ2v) is 4.53. The first kappa shape index (κ1) is 14.2. The molecule has 102 valence electrons. The standard InChI is InChI=1S/C12H8Cl2N4O2/c13-7-2-1-6(11(15)19)3-8(7)18-12(20)9-4-17-10(14)5-16-9/h1-5H,(H2,15,19)(H,18,20). The quantitative estimate of drug-likeness (QED) is 0.907. The van der Waals surface area contributed by atoms with E-state index in [4.69, 9.17) is 28.9 Å². The first-order chi connectivity index (χ1) is 9.47. The second kappa shape index (κ2) is 5.85. The molecule has 3 N–H and O–H groups in total. The average molecular weight is 311 g/mol. The molecule has 2 amide bonds. The van der Waals surface area contributed by atoms with E-state index in [1.807, 2.05) is 0 Å². The average Bonchev–Trinajstić information content (AvgIpc) is 2.41. The molecule has 2 rings (SSSR count). The van der Waals surface area contributed by atoms with Crippen LogP contribution in [0.1, 0.15) is 20.8 Å². The summed E-state index contributed by atoms with van der Waals surface area (Å²) in [6, 6.07) is 4.30. The van der Waals surface area contributed by atoms with Gasteiger partial charge in [0, 0.05) is 5.56 Å². The molecule has 0 aliphatic rings. The number of anilines is 1. The Balaban J connectivity index is 2.25. The van der Waals surface area contributed by atoms with Gasteiger partial charge in [-0.15, -0.1) is 0 Å². The van der Waals surface area contributed by atoms with Crippen LogP contribution in [0.15, 0.2) is 30.6 Å². The van der Waals surface area contributed by atoms with Gasteiger partial charge in [0.05, 0.1) is 23.1 Å². The van der Waals surface area contributed by atoms with Crippen molar-refractivity contribution < 1.29 is 9.59 Å². The molecule has 0 unspecified atom stereocenters. The van der Waals surface area contributed by atoms with E-state index < -0.39 is 11.8 Å². The maximum Gasteiger partial charge on any atom is 0.275 e. The molecule has 0 atom stereocenters. The summed E-state index contributed by atoms with van der Waals surface area (Å²) >= 11 is 11.5. The second-order valence-electron chi connectivity index (χ2n) is 3.74. The van der Waals surface area contributed by atoms with Gasteiger partial charge in [0.1, 0.15) is 10.8 Å². The van der Waals surface area contributed by atoms with E-state index in [0.29, 0.717) is 0 Å². The number of nitrogens with one attached hydrogen (secondary N) is 1. The van der Waals surface area contributed by atoms with Crippen molar-refractivity contribution in [1.82, 2.24) is 9.97 Å².